The minimum Gasteiger partial charge on any atom is -0.493 e. The summed E-state index contributed by atoms with van der Waals surface area (Å²) < 4.78 is 43.8. The SMILES string of the molecule is CCCCS(=O)(=O)n1c(N)c(C#N)c(-c2cc(OC)c(OC)c(OC)c2)c1C(=O)c1ccccc1. The molecule has 0 amide bonds. The van der Waals surface area contributed by atoms with E-state index in [-0.39, 0.29) is 45.5 Å². The zero-order valence-corrected chi connectivity index (χ0v) is 20.8. The van der Waals surface area contributed by atoms with E-state index in [1.807, 2.05) is 13.0 Å². The number of benzene rings is 2. The number of ether oxygens (including phenoxy) is 3. The number of nitrogen functional groups attached to an aromatic ring is 1. The highest BCUT2D eigenvalue weighted by Gasteiger charge is 2.34. The van der Waals surface area contributed by atoms with Crippen LogP contribution in [0.5, 0.6) is 17.2 Å². The van der Waals surface area contributed by atoms with Crippen molar-refractivity contribution in [2.24, 2.45) is 0 Å². The van der Waals surface area contributed by atoms with Crippen LogP contribution in [0.1, 0.15) is 41.4 Å². The second kappa shape index (κ2) is 10.5. The van der Waals surface area contributed by atoms with Gasteiger partial charge in [0.2, 0.25) is 21.6 Å². The van der Waals surface area contributed by atoms with Gasteiger partial charge in [0, 0.05) is 11.1 Å². The summed E-state index contributed by atoms with van der Waals surface area (Å²) in [6, 6.07) is 13.3. The van der Waals surface area contributed by atoms with Gasteiger partial charge in [-0.2, -0.15) is 5.26 Å². The van der Waals surface area contributed by atoms with Crippen molar-refractivity contribution in [1.82, 2.24) is 3.97 Å². The molecule has 0 spiro atoms. The maximum atomic E-state index is 13.8. The normalized spacial score (nSPS) is 11.1. The molecule has 1 aromatic heterocycles. The van der Waals surface area contributed by atoms with Crippen molar-refractivity contribution in [3.05, 3.63) is 59.3 Å². The van der Waals surface area contributed by atoms with Crippen molar-refractivity contribution in [1.29, 1.82) is 5.26 Å². The number of rotatable bonds is 10. The van der Waals surface area contributed by atoms with Gasteiger partial charge in [-0.25, -0.2) is 12.4 Å². The Balaban J connectivity index is 2.47. The van der Waals surface area contributed by atoms with Gasteiger partial charge in [0.1, 0.15) is 23.1 Å². The number of unbranched alkanes of at least 4 members (excludes halogenated alkanes) is 1. The van der Waals surface area contributed by atoms with Crippen LogP contribution in [0.3, 0.4) is 0 Å². The van der Waals surface area contributed by atoms with Crippen molar-refractivity contribution in [2.45, 2.75) is 19.8 Å². The molecule has 9 nitrogen and oxygen atoms in total. The maximum Gasteiger partial charge on any atom is 0.240 e. The van der Waals surface area contributed by atoms with E-state index in [9.17, 15) is 18.5 Å². The molecule has 2 N–H and O–H groups in total. The molecule has 3 rings (SSSR count). The average molecular weight is 498 g/mol. The molecule has 35 heavy (non-hydrogen) atoms. The maximum absolute atomic E-state index is 13.8. The average Bonchev–Trinajstić information content (AvgIpc) is 3.19. The number of hydrogen-bond acceptors (Lipinski definition) is 8. The molecule has 0 bridgehead atoms. The number of methoxy groups -OCH3 is 3. The Labute approximate surface area is 204 Å². The second-order valence-electron chi connectivity index (χ2n) is 7.64. The molecule has 0 aliphatic heterocycles. The van der Waals surface area contributed by atoms with Crippen LogP contribution < -0.4 is 19.9 Å². The lowest BCUT2D eigenvalue weighted by Crippen LogP contribution is -2.23. The Kier molecular flexibility index (Phi) is 7.71. The third kappa shape index (κ3) is 4.68. The molecule has 10 heteroatoms. The van der Waals surface area contributed by atoms with Gasteiger partial charge in [0.15, 0.2) is 11.5 Å². The number of ketones is 1. The molecule has 0 fully saturated rings. The first-order valence-corrected chi connectivity index (χ1v) is 12.4. The molecule has 0 saturated heterocycles. The monoisotopic (exact) mass is 497 g/mol. The molecular formula is C25H27N3O6S. The number of nitrogens with zero attached hydrogens (tertiary/aromatic N) is 2. The molecule has 0 saturated carbocycles. The van der Waals surface area contributed by atoms with E-state index < -0.39 is 15.8 Å². The molecule has 0 aliphatic carbocycles. The minimum atomic E-state index is -4.07. The van der Waals surface area contributed by atoms with Gasteiger partial charge < -0.3 is 19.9 Å². The van der Waals surface area contributed by atoms with Crippen LogP contribution >= 0.6 is 0 Å². The minimum absolute atomic E-state index is 0.0678. The van der Waals surface area contributed by atoms with E-state index >= 15 is 0 Å². The fourth-order valence-electron chi connectivity index (χ4n) is 3.83. The summed E-state index contributed by atoms with van der Waals surface area (Å²) in [6.07, 6.45) is 0.980. The summed E-state index contributed by atoms with van der Waals surface area (Å²) in [6.45, 7) is 1.85. The van der Waals surface area contributed by atoms with Crippen LogP contribution in [0.15, 0.2) is 42.5 Å². The summed E-state index contributed by atoms with van der Waals surface area (Å²) in [5, 5.41) is 10.0. The van der Waals surface area contributed by atoms with Crippen LogP contribution in [0, 0.1) is 11.3 Å². The lowest BCUT2D eigenvalue weighted by atomic mass is 9.96. The highest BCUT2D eigenvalue weighted by atomic mass is 32.2. The van der Waals surface area contributed by atoms with E-state index in [1.54, 1.807) is 42.5 Å². The number of nitrogens with two attached hydrogens (primary N) is 1. The Morgan fingerprint density at radius 3 is 2.14 bits per heavy atom. The third-order valence-electron chi connectivity index (χ3n) is 5.52. The van der Waals surface area contributed by atoms with Gasteiger partial charge >= 0.3 is 0 Å². The van der Waals surface area contributed by atoms with E-state index in [0.29, 0.717) is 24.2 Å². The molecular weight excluding hydrogens is 470 g/mol. The molecule has 0 radical (unpaired) electrons. The number of nitriles is 1. The van der Waals surface area contributed by atoms with Gasteiger partial charge in [0.25, 0.3) is 0 Å². The van der Waals surface area contributed by atoms with Crippen LogP contribution in [-0.2, 0) is 10.0 Å². The lowest BCUT2D eigenvalue weighted by Gasteiger charge is -2.15. The zero-order chi connectivity index (χ0) is 25.8. The molecule has 1 heterocycles. The van der Waals surface area contributed by atoms with Crippen LogP contribution in [-0.4, -0.2) is 45.3 Å². The highest BCUT2D eigenvalue weighted by Crippen LogP contribution is 2.45. The number of hydrogen-bond donors (Lipinski definition) is 1. The second-order valence-corrected chi connectivity index (χ2v) is 9.58. The molecule has 0 aliphatic rings. The van der Waals surface area contributed by atoms with Gasteiger partial charge in [-0.15, -0.1) is 0 Å². The first-order valence-electron chi connectivity index (χ1n) is 10.8. The van der Waals surface area contributed by atoms with Gasteiger partial charge in [-0.05, 0) is 24.1 Å². The Morgan fingerprint density at radius 1 is 1.06 bits per heavy atom. The first kappa shape index (κ1) is 25.6. The van der Waals surface area contributed by atoms with Crippen molar-refractivity contribution in [3.63, 3.8) is 0 Å². The Morgan fingerprint density at radius 2 is 1.66 bits per heavy atom. The number of carbonyl (C=O) groups is 1. The summed E-state index contributed by atoms with van der Waals surface area (Å²) in [5.74, 6) is -0.324. The predicted molar refractivity (Wildman–Crippen MR) is 133 cm³/mol. The summed E-state index contributed by atoms with van der Waals surface area (Å²) >= 11 is 0. The van der Waals surface area contributed by atoms with Gasteiger partial charge in [-0.3, -0.25) is 4.79 Å². The van der Waals surface area contributed by atoms with E-state index in [0.717, 1.165) is 3.97 Å². The van der Waals surface area contributed by atoms with Crippen LogP contribution in [0.4, 0.5) is 5.82 Å². The summed E-state index contributed by atoms with van der Waals surface area (Å²) in [7, 11) is 0.231. The first-order chi connectivity index (χ1) is 16.7. The van der Waals surface area contributed by atoms with E-state index in [4.69, 9.17) is 19.9 Å². The smallest absolute Gasteiger partial charge is 0.240 e. The number of anilines is 1. The van der Waals surface area contributed by atoms with Crippen molar-refractivity contribution >= 4 is 21.6 Å². The van der Waals surface area contributed by atoms with Gasteiger partial charge in [-0.1, -0.05) is 43.7 Å². The van der Waals surface area contributed by atoms with Crippen LogP contribution in [0.25, 0.3) is 11.1 Å². The van der Waals surface area contributed by atoms with E-state index in [1.165, 1.54) is 21.3 Å². The molecule has 0 atom stereocenters. The van der Waals surface area contributed by atoms with Crippen molar-refractivity contribution in [2.75, 3.05) is 32.8 Å². The largest absolute Gasteiger partial charge is 0.493 e. The number of aromatic nitrogens is 1. The highest BCUT2D eigenvalue weighted by molar-refractivity contribution is 7.90. The quantitative estimate of drug-likeness (QED) is 0.418. The fourth-order valence-corrected chi connectivity index (χ4v) is 5.51. The molecule has 2 aromatic carbocycles. The fraction of sp³-hybridized carbons (Fsp3) is 0.280. The standard InChI is InChI=1S/C25H27N3O6S/c1-5-6-12-35(30,31)28-22(23(29)16-10-8-7-9-11-16)21(18(15-26)25(28)27)17-13-19(32-2)24(34-4)20(14-17)33-3/h7-11,13-14H,5-6,12,27H2,1-4H3. The third-order valence-corrected chi connectivity index (χ3v) is 7.26. The Hall–Kier alpha value is -3.97. The Bertz CT molecular complexity index is 1360. The predicted octanol–water partition coefficient (Wildman–Crippen LogP) is 3.84. The molecule has 3 aromatic rings. The van der Waals surface area contributed by atoms with E-state index in [2.05, 4.69) is 0 Å². The van der Waals surface area contributed by atoms with Gasteiger partial charge in [0.05, 0.1) is 27.1 Å². The lowest BCUT2D eigenvalue weighted by molar-refractivity contribution is 0.103. The van der Waals surface area contributed by atoms with Crippen LogP contribution in [0.2, 0.25) is 0 Å². The molecule has 184 valence electrons. The molecule has 0 unspecified atom stereocenters. The summed E-state index contributed by atoms with van der Waals surface area (Å²) in [5.41, 5.74) is 6.50. The topological polar surface area (TPSA) is 134 Å². The summed E-state index contributed by atoms with van der Waals surface area (Å²) in [4.78, 5) is 13.8. The zero-order valence-electron chi connectivity index (χ0n) is 20.0. The number of carbonyl (C=O) groups excluding carboxylic acids is 1. The van der Waals surface area contributed by atoms with Crippen molar-refractivity contribution < 1.29 is 27.4 Å². The van der Waals surface area contributed by atoms with Crippen molar-refractivity contribution in [3.8, 4) is 34.4 Å².